The number of carbonyl (C=O) groups is 1. The molecule has 2 nitrogen and oxygen atoms in total. The molecule has 0 aliphatic rings. The highest BCUT2D eigenvalue weighted by molar-refractivity contribution is 5.48. The Morgan fingerprint density at radius 2 is 1.33 bits per heavy atom. The summed E-state index contributed by atoms with van der Waals surface area (Å²) in [5.74, 6) is 0. The summed E-state index contributed by atoms with van der Waals surface area (Å²) in [6.45, 7) is 5.41. The summed E-state index contributed by atoms with van der Waals surface area (Å²) < 4.78 is 6.05. The van der Waals surface area contributed by atoms with E-state index in [1.807, 2.05) is 0 Å². The molecule has 0 bridgehead atoms. The average molecular weight is 299 g/mol. The van der Waals surface area contributed by atoms with Crippen molar-refractivity contribution >= 4 is 6.29 Å². The normalized spacial score (nSPS) is 12.5. The minimum absolute atomic E-state index is 0.386. The SMILES string of the molecule is CCCCCCCCCOC(CCCC=O)CCCCC. The first-order chi connectivity index (χ1) is 10.3. The van der Waals surface area contributed by atoms with Crippen molar-refractivity contribution in [3.63, 3.8) is 0 Å². The summed E-state index contributed by atoms with van der Waals surface area (Å²) in [6.07, 6.45) is 18.5. The molecule has 0 aliphatic heterocycles. The van der Waals surface area contributed by atoms with Gasteiger partial charge < -0.3 is 9.53 Å². The summed E-state index contributed by atoms with van der Waals surface area (Å²) >= 11 is 0. The standard InChI is InChI=1S/C19H38O2/c1-3-5-7-8-9-10-14-18-21-19(15-11-6-4-2)16-12-13-17-20/h17,19H,3-16,18H2,1-2H3. The maximum absolute atomic E-state index is 10.4. The lowest BCUT2D eigenvalue weighted by atomic mass is 10.1. The number of ether oxygens (including phenoxy) is 1. The second kappa shape index (κ2) is 17.7. The Morgan fingerprint density at radius 1 is 0.762 bits per heavy atom. The van der Waals surface area contributed by atoms with Crippen molar-refractivity contribution in [2.24, 2.45) is 0 Å². The van der Waals surface area contributed by atoms with Crippen LogP contribution in [-0.2, 0) is 9.53 Å². The van der Waals surface area contributed by atoms with Crippen molar-refractivity contribution in [2.45, 2.75) is 110 Å². The van der Waals surface area contributed by atoms with Gasteiger partial charge in [-0.3, -0.25) is 0 Å². The molecule has 1 unspecified atom stereocenters. The van der Waals surface area contributed by atoms with Crippen molar-refractivity contribution in [1.82, 2.24) is 0 Å². The van der Waals surface area contributed by atoms with Crippen molar-refractivity contribution in [3.05, 3.63) is 0 Å². The number of carbonyl (C=O) groups excluding carboxylic acids is 1. The molecule has 0 saturated heterocycles. The molecular formula is C19H38O2. The molecule has 2 heteroatoms. The van der Waals surface area contributed by atoms with Crippen LogP contribution in [0, 0.1) is 0 Å². The van der Waals surface area contributed by atoms with Crippen LogP contribution in [0.3, 0.4) is 0 Å². The molecule has 0 fully saturated rings. The summed E-state index contributed by atoms with van der Waals surface area (Å²) in [7, 11) is 0. The van der Waals surface area contributed by atoms with Gasteiger partial charge in [-0.2, -0.15) is 0 Å². The van der Waals surface area contributed by atoms with Gasteiger partial charge >= 0.3 is 0 Å². The first kappa shape index (κ1) is 20.6. The zero-order valence-corrected chi connectivity index (χ0v) is 14.6. The van der Waals surface area contributed by atoms with E-state index in [1.54, 1.807) is 0 Å². The van der Waals surface area contributed by atoms with E-state index in [2.05, 4.69) is 13.8 Å². The predicted molar refractivity (Wildman–Crippen MR) is 91.8 cm³/mol. The molecule has 0 aromatic rings. The van der Waals surface area contributed by atoms with Crippen LogP contribution in [0.15, 0.2) is 0 Å². The fourth-order valence-corrected chi connectivity index (χ4v) is 2.67. The molecule has 0 heterocycles. The molecular weight excluding hydrogens is 260 g/mol. The third kappa shape index (κ3) is 15.8. The van der Waals surface area contributed by atoms with Gasteiger partial charge in [0.2, 0.25) is 0 Å². The van der Waals surface area contributed by atoms with E-state index in [9.17, 15) is 4.79 Å². The third-order valence-corrected chi connectivity index (χ3v) is 4.08. The molecule has 1 atom stereocenters. The second-order valence-corrected chi connectivity index (χ2v) is 6.21. The zero-order chi connectivity index (χ0) is 15.6. The molecule has 0 aromatic carbocycles. The van der Waals surface area contributed by atoms with E-state index in [4.69, 9.17) is 4.74 Å². The van der Waals surface area contributed by atoms with Gasteiger partial charge in [-0.25, -0.2) is 0 Å². The fraction of sp³-hybridized carbons (Fsp3) is 0.947. The van der Waals surface area contributed by atoms with Crippen LogP contribution in [0.1, 0.15) is 104 Å². The van der Waals surface area contributed by atoms with Gasteiger partial charge in [-0.1, -0.05) is 71.6 Å². The van der Waals surface area contributed by atoms with Gasteiger partial charge in [0.15, 0.2) is 0 Å². The quantitative estimate of drug-likeness (QED) is 0.240. The van der Waals surface area contributed by atoms with Crippen LogP contribution in [0.2, 0.25) is 0 Å². The molecule has 0 radical (unpaired) electrons. The van der Waals surface area contributed by atoms with E-state index >= 15 is 0 Å². The highest BCUT2D eigenvalue weighted by Crippen LogP contribution is 2.14. The Bertz CT molecular complexity index is 204. The van der Waals surface area contributed by atoms with Crippen molar-refractivity contribution in [2.75, 3.05) is 6.61 Å². The Labute approximate surface area is 133 Å². The van der Waals surface area contributed by atoms with E-state index < -0.39 is 0 Å². The van der Waals surface area contributed by atoms with Gasteiger partial charge in [0, 0.05) is 13.0 Å². The van der Waals surface area contributed by atoms with Crippen molar-refractivity contribution in [3.8, 4) is 0 Å². The molecule has 0 rings (SSSR count). The van der Waals surface area contributed by atoms with Crippen LogP contribution in [-0.4, -0.2) is 19.0 Å². The molecule has 0 aliphatic carbocycles. The summed E-state index contributed by atoms with van der Waals surface area (Å²) in [5, 5.41) is 0. The number of unbranched alkanes of at least 4 members (excludes halogenated alkanes) is 9. The van der Waals surface area contributed by atoms with E-state index in [0.717, 1.165) is 25.7 Å². The molecule has 126 valence electrons. The van der Waals surface area contributed by atoms with E-state index in [1.165, 1.54) is 70.6 Å². The predicted octanol–water partition coefficient (Wildman–Crippen LogP) is 6.07. The van der Waals surface area contributed by atoms with Crippen LogP contribution >= 0.6 is 0 Å². The molecule has 0 spiro atoms. The highest BCUT2D eigenvalue weighted by atomic mass is 16.5. The van der Waals surface area contributed by atoms with Gasteiger partial charge in [-0.05, 0) is 25.7 Å². The number of hydrogen-bond donors (Lipinski definition) is 0. The molecule has 21 heavy (non-hydrogen) atoms. The lowest BCUT2D eigenvalue weighted by Crippen LogP contribution is -2.14. The lowest BCUT2D eigenvalue weighted by molar-refractivity contribution is -0.108. The first-order valence-corrected chi connectivity index (χ1v) is 9.40. The van der Waals surface area contributed by atoms with Gasteiger partial charge in [0.1, 0.15) is 6.29 Å². The summed E-state index contributed by atoms with van der Waals surface area (Å²) in [5.41, 5.74) is 0. The van der Waals surface area contributed by atoms with E-state index in [0.29, 0.717) is 12.5 Å². The van der Waals surface area contributed by atoms with Crippen molar-refractivity contribution < 1.29 is 9.53 Å². The molecule has 0 N–H and O–H groups in total. The number of hydrogen-bond acceptors (Lipinski definition) is 2. The molecule has 0 saturated carbocycles. The van der Waals surface area contributed by atoms with Crippen molar-refractivity contribution in [1.29, 1.82) is 0 Å². The Kier molecular flexibility index (Phi) is 17.4. The molecule has 0 aromatic heterocycles. The van der Waals surface area contributed by atoms with Crippen LogP contribution in [0.25, 0.3) is 0 Å². The average Bonchev–Trinajstić information content (AvgIpc) is 2.49. The summed E-state index contributed by atoms with van der Waals surface area (Å²) in [6, 6.07) is 0. The smallest absolute Gasteiger partial charge is 0.119 e. The second-order valence-electron chi connectivity index (χ2n) is 6.21. The van der Waals surface area contributed by atoms with Gasteiger partial charge in [-0.15, -0.1) is 0 Å². The van der Waals surface area contributed by atoms with Crippen LogP contribution in [0.4, 0.5) is 0 Å². The van der Waals surface area contributed by atoms with Crippen LogP contribution in [0.5, 0.6) is 0 Å². The number of aldehydes is 1. The van der Waals surface area contributed by atoms with Crippen LogP contribution < -0.4 is 0 Å². The Balaban J connectivity index is 3.56. The monoisotopic (exact) mass is 298 g/mol. The summed E-state index contributed by atoms with van der Waals surface area (Å²) in [4.78, 5) is 10.4. The maximum Gasteiger partial charge on any atom is 0.119 e. The lowest BCUT2D eigenvalue weighted by Gasteiger charge is -2.17. The van der Waals surface area contributed by atoms with Gasteiger partial charge in [0.25, 0.3) is 0 Å². The zero-order valence-electron chi connectivity index (χ0n) is 14.6. The highest BCUT2D eigenvalue weighted by Gasteiger charge is 2.08. The molecule has 0 amide bonds. The van der Waals surface area contributed by atoms with E-state index in [-0.39, 0.29) is 0 Å². The topological polar surface area (TPSA) is 26.3 Å². The Hall–Kier alpha value is -0.370. The third-order valence-electron chi connectivity index (χ3n) is 4.08. The Morgan fingerprint density at radius 3 is 2.00 bits per heavy atom. The maximum atomic E-state index is 10.4. The number of rotatable bonds is 17. The first-order valence-electron chi connectivity index (χ1n) is 9.40. The minimum Gasteiger partial charge on any atom is -0.378 e. The van der Waals surface area contributed by atoms with Gasteiger partial charge in [0.05, 0.1) is 6.10 Å². The fourth-order valence-electron chi connectivity index (χ4n) is 2.67. The largest absolute Gasteiger partial charge is 0.378 e. The minimum atomic E-state index is 0.386.